The fourth-order valence-electron chi connectivity index (χ4n) is 1.56. The molecule has 1 aliphatic heterocycles. The van der Waals surface area contributed by atoms with E-state index in [2.05, 4.69) is 10.6 Å². The highest BCUT2D eigenvalue weighted by Crippen LogP contribution is 2.11. The Balaban J connectivity index is 2.05. The Labute approximate surface area is 104 Å². The van der Waals surface area contributed by atoms with Crippen LogP contribution in [0.5, 0.6) is 0 Å². The first-order chi connectivity index (χ1) is 8.16. The molecule has 7 heteroatoms. The smallest absolute Gasteiger partial charge is 0.423 e. The Morgan fingerprint density at radius 1 is 1.53 bits per heavy atom. The van der Waals surface area contributed by atoms with Crippen molar-refractivity contribution in [3.8, 4) is 0 Å². The molecule has 1 saturated heterocycles. The van der Waals surface area contributed by atoms with E-state index >= 15 is 0 Å². The van der Waals surface area contributed by atoms with E-state index in [1.807, 2.05) is 0 Å². The van der Waals surface area contributed by atoms with Gasteiger partial charge < -0.3 is 15.4 Å². The minimum Gasteiger partial charge on any atom is -0.423 e. The molecule has 1 aliphatic rings. The molecule has 5 nitrogen and oxygen atoms in total. The minimum absolute atomic E-state index is 0.0646. The van der Waals surface area contributed by atoms with E-state index in [9.17, 15) is 4.79 Å². The lowest BCUT2D eigenvalue weighted by molar-refractivity contribution is 0.0947. The third-order valence-electron chi connectivity index (χ3n) is 2.43. The molecule has 1 heterocycles. The van der Waals surface area contributed by atoms with Gasteiger partial charge in [-0.1, -0.05) is 12.1 Å². The Bertz CT molecular complexity index is 410. The van der Waals surface area contributed by atoms with Gasteiger partial charge in [0, 0.05) is 17.9 Å². The topological polar surface area (TPSA) is 81.6 Å². The second-order valence-electron chi connectivity index (χ2n) is 3.68. The van der Waals surface area contributed by atoms with Crippen molar-refractivity contribution in [2.24, 2.45) is 0 Å². The first-order valence-corrected chi connectivity index (χ1v) is 6.33. The molecule has 0 saturated carbocycles. The van der Waals surface area contributed by atoms with Gasteiger partial charge in [-0.25, -0.2) is 0 Å². The van der Waals surface area contributed by atoms with E-state index in [4.69, 9.17) is 10.0 Å². The summed E-state index contributed by atoms with van der Waals surface area (Å²) in [7, 11) is -1.55. The molecule has 1 aromatic rings. The Hall–Kier alpha value is -1.02. The first kappa shape index (κ1) is 12.4. The van der Waals surface area contributed by atoms with E-state index < -0.39 is 7.12 Å². The average molecular weight is 252 g/mol. The monoisotopic (exact) mass is 252 g/mol. The van der Waals surface area contributed by atoms with E-state index in [1.54, 1.807) is 30.0 Å². The van der Waals surface area contributed by atoms with Gasteiger partial charge in [-0.3, -0.25) is 10.1 Å². The van der Waals surface area contributed by atoms with Crippen LogP contribution in [0.25, 0.3) is 0 Å². The molecule has 0 aliphatic carbocycles. The van der Waals surface area contributed by atoms with E-state index in [1.165, 1.54) is 6.07 Å². The quantitative estimate of drug-likeness (QED) is 0.504. The summed E-state index contributed by atoms with van der Waals surface area (Å²) in [4.78, 5) is 11.8. The van der Waals surface area contributed by atoms with Gasteiger partial charge in [-0.15, -0.1) is 11.8 Å². The zero-order chi connectivity index (χ0) is 12.3. The van der Waals surface area contributed by atoms with Crippen LogP contribution in [-0.4, -0.2) is 40.9 Å². The average Bonchev–Trinajstić information content (AvgIpc) is 2.82. The SMILES string of the molecule is O=C(N[C@H]1NCCS1)c1cccc(B(O)O)c1. The molecular formula is C10H13BN2O3S. The lowest BCUT2D eigenvalue weighted by Crippen LogP contribution is -2.40. The van der Waals surface area contributed by atoms with Crippen molar-refractivity contribution in [1.29, 1.82) is 0 Å². The lowest BCUT2D eigenvalue weighted by Gasteiger charge is -2.12. The second-order valence-corrected chi connectivity index (χ2v) is 4.89. The predicted octanol–water partition coefficient (Wildman–Crippen LogP) is -1.28. The highest BCUT2D eigenvalue weighted by atomic mass is 32.2. The Kier molecular flexibility index (Phi) is 4.06. The van der Waals surface area contributed by atoms with Crippen molar-refractivity contribution in [3.05, 3.63) is 29.8 Å². The molecule has 0 spiro atoms. The van der Waals surface area contributed by atoms with Crippen molar-refractivity contribution in [2.75, 3.05) is 12.3 Å². The third-order valence-corrected chi connectivity index (χ3v) is 3.48. The number of thioether (sulfide) groups is 1. The summed E-state index contributed by atoms with van der Waals surface area (Å²) in [6, 6.07) is 6.30. The number of carbonyl (C=O) groups excluding carboxylic acids is 1. The highest BCUT2D eigenvalue weighted by molar-refractivity contribution is 8.00. The summed E-state index contributed by atoms with van der Waals surface area (Å²) >= 11 is 1.63. The van der Waals surface area contributed by atoms with Crippen LogP contribution >= 0.6 is 11.8 Å². The third kappa shape index (κ3) is 3.23. The lowest BCUT2D eigenvalue weighted by atomic mass is 9.79. The van der Waals surface area contributed by atoms with Crippen LogP contribution in [0.2, 0.25) is 0 Å². The van der Waals surface area contributed by atoms with Gasteiger partial charge in [0.1, 0.15) is 5.50 Å². The van der Waals surface area contributed by atoms with Crippen LogP contribution in [0.4, 0.5) is 0 Å². The molecule has 90 valence electrons. The fourth-order valence-corrected chi connectivity index (χ4v) is 2.46. The number of nitrogens with one attached hydrogen (secondary N) is 2. The zero-order valence-electron chi connectivity index (χ0n) is 9.09. The first-order valence-electron chi connectivity index (χ1n) is 5.29. The highest BCUT2D eigenvalue weighted by Gasteiger charge is 2.19. The van der Waals surface area contributed by atoms with Gasteiger partial charge in [0.2, 0.25) is 0 Å². The predicted molar refractivity (Wildman–Crippen MR) is 68.0 cm³/mol. The van der Waals surface area contributed by atoms with E-state index in [-0.39, 0.29) is 11.4 Å². The molecule has 1 amide bonds. The van der Waals surface area contributed by atoms with Crippen LogP contribution in [0.15, 0.2) is 24.3 Å². The normalized spacial score (nSPS) is 19.1. The Morgan fingerprint density at radius 3 is 3.00 bits per heavy atom. The van der Waals surface area contributed by atoms with Gasteiger partial charge >= 0.3 is 7.12 Å². The van der Waals surface area contributed by atoms with Gasteiger partial charge in [0.15, 0.2) is 0 Å². The summed E-state index contributed by atoms with van der Waals surface area (Å²) in [5.74, 6) is 0.750. The van der Waals surface area contributed by atoms with Crippen LogP contribution < -0.4 is 16.1 Å². The molecule has 0 radical (unpaired) electrons. The van der Waals surface area contributed by atoms with Crippen LogP contribution in [0.3, 0.4) is 0 Å². The molecule has 1 atom stereocenters. The minimum atomic E-state index is -1.55. The number of rotatable bonds is 3. The number of hydrogen-bond acceptors (Lipinski definition) is 5. The van der Waals surface area contributed by atoms with Gasteiger partial charge in [-0.05, 0) is 17.6 Å². The van der Waals surface area contributed by atoms with Crippen LogP contribution in [-0.2, 0) is 0 Å². The van der Waals surface area contributed by atoms with E-state index in [0.717, 1.165) is 12.3 Å². The summed E-state index contributed by atoms with van der Waals surface area (Å²) in [5, 5.41) is 24.0. The second kappa shape index (κ2) is 5.55. The molecule has 0 unspecified atom stereocenters. The Morgan fingerprint density at radius 2 is 2.35 bits per heavy atom. The fraction of sp³-hybridized carbons (Fsp3) is 0.300. The van der Waals surface area contributed by atoms with E-state index in [0.29, 0.717) is 11.0 Å². The van der Waals surface area contributed by atoms with Gasteiger partial charge in [0.25, 0.3) is 5.91 Å². The molecule has 0 aromatic heterocycles. The molecule has 0 bridgehead atoms. The van der Waals surface area contributed by atoms with Crippen molar-refractivity contribution in [3.63, 3.8) is 0 Å². The van der Waals surface area contributed by atoms with Gasteiger partial charge in [-0.2, -0.15) is 0 Å². The van der Waals surface area contributed by atoms with Crippen molar-refractivity contribution < 1.29 is 14.8 Å². The summed E-state index contributed by atoms with van der Waals surface area (Å²) in [5.41, 5.74) is 0.666. The number of carbonyl (C=O) groups is 1. The van der Waals surface area contributed by atoms with Crippen LogP contribution in [0.1, 0.15) is 10.4 Å². The van der Waals surface area contributed by atoms with Crippen molar-refractivity contribution in [1.82, 2.24) is 10.6 Å². The zero-order valence-corrected chi connectivity index (χ0v) is 9.91. The van der Waals surface area contributed by atoms with Crippen molar-refractivity contribution >= 4 is 30.3 Å². The maximum Gasteiger partial charge on any atom is 0.488 e. The number of amides is 1. The molecule has 1 fully saturated rings. The molecule has 2 rings (SSSR count). The maximum atomic E-state index is 11.8. The van der Waals surface area contributed by atoms with Crippen LogP contribution in [0, 0.1) is 0 Å². The maximum absolute atomic E-state index is 11.8. The largest absolute Gasteiger partial charge is 0.488 e. The number of hydrogen-bond donors (Lipinski definition) is 4. The standard InChI is InChI=1S/C10H13BN2O3S/c14-9(13-10-12-4-5-17-10)7-2-1-3-8(6-7)11(15)16/h1-3,6,10,12,15-16H,4-5H2,(H,13,14)/t10-/m1/s1. The molecular weight excluding hydrogens is 239 g/mol. The number of benzene rings is 1. The summed E-state index contributed by atoms with van der Waals surface area (Å²) in [6.07, 6.45) is 0. The van der Waals surface area contributed by atoms with Gasteiger partial charge in [0.05, 0.1) is 0 Å². The summed E-state index contributed by atoms with van der Waals surface area (Å²) < 4.78 is 0. The molecule has 17 heavy (non-hydrogen) atoms. The molecule has 4 N–H and O–H groups in total. The summed E-state index contributed by atoms with van der Waals surface area (Å²) in [6.45, 7) is 0.880. The van der Waals surface area contributed by atoms with Crippen molar-refractivity contribution in [2.45, 2.75) is 5.50 Å². The molecule has 1 aromatic carbocycles.